The van der Waals surface area contributed by atoms with Gasteiger partial charge in [-0.2, -0.15) is 5.26 Å². The lowest BCUT2D eigenvalue weighted by Crippen LogP contribution is -2.50. The van der Waals surface area contributed by atoms with Crippen LogP contribution < -0.4 is 11.1 Å². The van der Waals surface area contributed by atoms with Gasteiger partial charge in [0.05, 0.1) is 25.5 Å². The maximum absolute atomic E-state index is 11.9. The second-order valence-electron chi connectivity index (χ2n) is 3.90. The fourth-order valence-electron chi connectivity index (χ4n) is 1.34. The first-order valence-electron chi connectivity index (χ1n) is 5.84. The Morgan fingerprint density at radius 1 is 1.45 bits per heavy atom. The summed E-state index contributed by atoms with van der Waals surface area (Å²) in [5, 5.41) is 19.6. The summed E-state index contributed by atoms with van der Waals surface area (Å²) in [7, 11) is 1.45. The lowest BCUT2D eigenvalue weighted by atomic mass is 10.2. The highest BCUT2D eigenvalue weighted by atomic mass is 16.5. The van der Waals surface area contributed by atoms with Crippen molar-refractivity contribution in [1.82, 2.24) is 10.2 Å². The van der Waals surface area contributed by atoms with Crippen molar-refractivity contribution in [3.05, 3.63) is 0 Å². The van der Waals surface area contributed by atoms with Gasteiger partial charge < -0.3 is 25.8 Å². The Morgan fingerprint density at radius 2 is 2.10 bits per heavy atom. The van der Waals surface area contributed by atoms with Gasteiger partial charge in [-0.3, -0.25) is 4.79 Å². The number of carboxylic acids is 1. The van der Waals surface area contributed by atoms with Crippen LogP contribution >= 0.6 is 0 Å². The molecule has 3 amide bonds. The number of carbonyl (C=O) groups excluding carboxylic acids is 2. The summed E-state index contributed by atoms with van der Waals surface area (Å²) in [6.45, 7) is 0.577. The number of carboxylic acid groups (broad SMARTS) is 1. The average molecular weight is 286 g/mol. The summed E-state index contributed by atoms with van der Waals surface area (Å²) in [6.07, 6.45) is -0.401. The van der Waals surface area contributed by atoms with Crippen molar-refractivity contribution in [3.8, 4) is 6.07 Å². The van der Waals surface area contributed by atoms with E-state index in [1.807, 2.05) is 6.07 Å². The first-order valence-corrected chi connectivity index (χ1v) is 5.84. The third kappa shape index (κ3) is 7.17. The summed E-state index contributed by atoms with van der Waals surface area (Å²) in [6, 6.07) is -0.200. The number of primary amides is 1. The molecule has 0 fully saturated rings. The predicted molar refractivity (Wildman–Crippen MR) is 67.4 cm³/mol. The number of methoxy groups -OCH3 is 1. The third-order valence-electron chi connectivity index (χ3n) is 2.35. The normalized spacial score (nSPS) is 11.2. The molecule has 0 saturated heterocycles. The summed E-state index contributed by atoms with van der Waals surface area (Å²) < 4.78 is 4.82. The standard InChI is InChI=1S/C11H18N4O5/c1-20-6-5-15(4-2-3-12)11(19)14-8(10(17)18)7-9(13)16/h8H,2,4-7H2,1H3,(H2,13,16)(H,14,19)(H,17,18)/t8-/m0/s1. The molecule has 0 heterocycles. The number of rotatable bonds is 9. The molecule has 0 aromatic heterocycles. The van der Waals surface area contributed by atoms with Crippen molar-refractivity contribution in [3.63, 3.8) is 0 Å². The third-order valence-corrected chi connectivity index (χ3v) is 2.35. The number of nitrogens with two attached hydrogens (primary N) is 1. The number of ether oxygens (including phenoxy) is 1. The van der Waals surface area contributed by atoms with Crippen LogP contribution in [0.15, 0.2) is 0 Å². The van der Waals surface area contributed by atoms with Gasteiger partial charge >= 0.3 is 12.0 Å². The van der Waals surface area contributed by atoms with Crippen LogP contribution in [0.4, 0.5) is 4.79 Å². The molecule has 0 spiro atoms. The van der Waals surface area contributed by atoms with Crippen LogP contribution in [-0.2, 0) is 14.3 Å². The minimum absolute atomic E-state index is 0.102. The maximum Gasteiger partial charge on any atom is 0.326 e. The van der Waals surface area contributed by atoms with Crippen molar-refractivity contribution < 1.29 is 24.2 Å². The van der Waals surface area contributed by atoms with Gasteiger partial charge in [0.25, 0.3) is 0 Å². The van der Waals surface area contributed by atoms with Crippen LogP contribution in [-0.4, -0.2) is 60.8 Å². The Balaban J connectivity index is 4.64. The first kappa shape index (κ1) is 17.7. The Bertz CT molecular complexity index is 393. The van der Waals surface area contributed by atoms with Crippen molar-refractivity contribution in [2.24, 2.45) is 5.73 Å². The zero-order valence-electron chi connectivity index (χ0n) is 11.2. The Kier molecular flexibility index (Phi) is 8.45. The molecule has 20 heavy (non-hydrogen) atoms. The molecule has 0 radical (unpaired) electrons. The summed E-state index contributed by atoms with van der Waals surface area (Å²) in [4.78, 5) is 34.8. The highest BCUT2D eigenvalue weighted by Gasteiger charge is 2.24. The van der Waals surface area contributed by atoms with Crippen LogP contribution in [0.1, 0.15) is 12.8 Å². The summed E-state index contributed by atoms with van der Waals surface area (Å²) >= 11 is 0. The number of hydrogen-bond acceptors (Lipinski definition) is 5. The van der Waals surface area contributed by atoms with Crippen molar-refractivity contribution in [2.45, 2.75) is 18.9 Å². The van der Waals surface area contributed by atoms with Crippen LogP contribution in [0.3, 0.4) is 0 Å². The molecule has 0 unspecified atom stereocenters. The fraction of sp³-hybridized carbons (Fsp3) is 0.636. The van der Waals surface area contributed by atoms with Gasteiger partial charge in [0, 0.05) is 20.2 Å². The minimum atomic E-state index is -1.40. The van der Waals surface area contributed by atoms with E-state index in [4.69, 9.17) is 20.8 Å². The van der Waals surface area contributed by atoms with E-state index in [9.17, 15) is 14.4 Å². The van der Waals surface area contributed by atoms with E-state index < -0.39 is 30.4 Å². The molecule has 9 heteroatoms. The van der Waals surface area contributed by atoms with Crippen molar-refractivity contribution >= 4 is 17.9 Å². The van der Waals surface area contributed by atoms with Gasteiger partial charge in [-0.05, 0) is 0 Å². The molecular formula is C11H18N4O5. The van der Waals surface area contributed by atoms with Crippen molar-refractivity contribution in [1.29, 1.82) is 5.26 Å². The van der Waals surface area contributed by atoms with Gasteiger partial charge in [-0.1, -0.05) is 0 Å². The summed E-state index contributed by atoms with van der Waals surface area (Å²) in [5.41, 5.74) is 4.91. The van der Waals surface area contributed by atoms with Crippen molar-refractivity contribution in [2.75, 3.05) is 26.8 Å². The molecule has 0 aliphatic carbocycles. The molecule has 112 valence electrons. The Labute approximate surface area is 116 Å². The van der Waals surface area contributed by atoms with Gasteiger partial charge in [-0.15, -0.1) is 0 Å². The second-order valence-corrected chi connectivity index (χ2v) is 3.90. The lowest BCUT2D eigenvalue weighted by Gasteiger charge is -2.23. The largest absolute Gasteiger partial charge is 0.480 e. The van der Waals surface area contributed by atoms with E-state index in [-0.39, 0.29) is 26.1 Å². The van der Waals surface area contributed by atoms with Crippen LogP contribution in [0.5, 0.6) is 0 Å². The monoisotopic (exact) mass is 286 g/mol. The van der Waals surface area contributed by atoms with E-state index in [1.54, 1.807) is 0 Å². The number of carbonyl (C=O) groups is 3. The molecule has 0 aliphatic rings. The van der Waals surface area contributed by atoms with Crippen LogP contribution in [0.2, 0.25) is 0 Å². The van der Waals surface area contributed by atoms with Gasteiger partial charge in [-0.25, -0.2) is 9.59 Å². The number of aliphatic carboxylic acids is 1. The second kappa shape index (κ2) is 9.57. The number of amides is 3. The molecule has 0 bridgehead atoms. The zero-order valence-corrected chi connectivity index (χ0v) is 11.2. The molecular weight excluding hydrogens is 268 g/mol. The average Bonchev–Trinajstić information content (AvgIpc) is 2.37. The quantitative estimate of drug-likeness (QED) is 0.489. The topological polar surface area (TPSA) is 146 Å². The first-order chi connectivity index (χ1) is 9.42. The zero-order chi connectivity index (χ0) is 15.5. The molecule has 0 saturated carbocycles. The molecule has 0 aliphatic heterocycles. The fourth-order valence-corrected chi connectivity index (χ4v) is 1.34. The van der Waals surface area contributed by atoms with Gasteiger partial charge in [0.15, 0.2) is 0 Å². The van der Waals surface area contributed by atoms with Gasteiger partial charge in [0.1, 0.15) is 6.04 Å². The molecule has 9 nitrogen and oxygen atoms in total. The van der Waals surface area contributed by atoms with E-state index >= 15 is 0 Å². The highest BCUT2D eigenvalue weighted by Crippen LogP contribution is 1.98. The van der Waals surface area contributed by atoms with Crippen LogP contribution in [0, 0.1) is 11.3 Å². The number of hydrogen-bond donors (Lipinski definition) is 3. The minimum Gasteiger partial charge on any atom is -0.480 e. The lowest BCUT2D eigenvalue weighted by molar-refractivity contribution is -0.140. The number of nitriles is 1. The maximum atomic E-state index is 11.9. The number of urea groups is 1. The smallest absolute Gasteiger partial charge is 0.326 e. The summed E-state index contributed by atoms with van der Waals surface area (Å²) in [5.74, 6) is -2.19. The molecule has 0 aromatic rings. The SMILES string of the molecule is COCCN(CCC#N)C(=O)N[C@@H](CC(N)=O)C(=O)O. The van der Waals surface area contributed by atoms with E-state index in [0.717, 1.165) is 0 Å². The van der Waals surface area contributed by atoms with E-state index in [0.29, 0.717) is 0 Å². The number of nitrogens with zero attached hydrogens (tertiary/aromatic N) is 2. The highest BCUT2D eigenvalue weighted by molar-refractivity contribution is 5.87. The molecule has 0 rings (SSSR count). The van der Waals surface area contributed by atoms with E-state index in [2.05, 4.69) is 5.32 Å². The molecule has 0 aromatic carbocycles. The number of nitrogens with one attached hydrogen (secondary N) is 1. The van der Waals surface area contributed by atoms with E-state index in [1.165, 1.54) is 12.0 Å². The van der Waals surface area contributed by atoms with Gasteiger partial charge in [0.2, 0.25) is 5.91 Å². The molecule has 4 N–H and O–H groups in total. The van der Waals surface area contributed by atoms with Crippen LogP contribution in [0.25, 0.3) is 0 Å². The predicted octanol–water partition coefficient (Wildman–Crippen LogP) is -1.11. The Morgan fingerprint density at radius 3 is 2.55 bits per heavy atom. The Hall–Kier alpha value is -2.34. The molecule has 1 atom stereocenters.